The SMILES string of the molecule is CCc1ccccc1CN1CCc2nc(N)[nH]c(=O)c2C1. The molecule has 2 aromatic rings. The number of nitrogens with one attached hydrogen (secondary N) is 1. The molecular weight excluding hydrogens is 264 g/mol. The summed E-state index contributed by atoms with van der Waals surface area (Å²) in [5.41, 5.74) is 9.80. The molecule has 3 N–H and O–H groups in total. The zero-order valence-electron chi connectivity index (χ0n) is 12.2. The van der Waals surface area contributed by atoms with E-state index in [1.165, 1.54) is 11.1 Å². The van der Waals surface area contributed by atoms with Crippen LogP contribution in [0.3, 0.4) is 0 Å². The molecular formula is C16H20N4O. The summed E-state index contributed by atoms with van der Waals surface area (Å²) in [5, 5.41) is 0. The highest BCUT2D eigenvalue weighted by Gasteiger charge is 2.21. The number of fused-ring (bicyclic) bond motifs is 1. The van der Waals surface area contributed by atoms with Crippen LogP contribution in [0.5, 0.6) is 0 Å². The first-order valence-corrected chi connectivity index (χ1v) is 7.34. The average Bonchev–Trinajstić information content (AvgIpc) is 2.48. The Morgan fingerprint density at radius 3 is 2.86 bits per heavy atom. The van der Waals surface area contributed by atoms with E-state index >= 15 is 0 Å². The fourth-order valence-electron chi connectivity index (χ4n) is 2.93. The van der Waals surface area contributed by atoms with Gasteiger partial charge < -0.3 is 5.73 Å². The fraction of sp³-hybridized carbons (Fsp3) is 0.375. The number of aromatic nitrogens is 2. The Labute approximate surface area is 123 Å². The molecule has 0 saturated heterocycles. The monoisotopic (exact) mass is 284 g/mol. The molecule has 0 spiro atoms. The summed E-state index contributed by atoms with van der Waals surface area (Å²) < 4.78 is 0. The van der Waals surface area contributed by atoms with Gasteiger partial charge in [0.15, 0.2) is 0 Å². The highest BCUT2D eigenvalue weighted by Crippen LogP contribution is 2.18. The molecule has 0 saturated carbocycles. The van der Waals surface area contributed by atoms with E-state index < -0.39 is 0 Å². The van der Waals surface area contributed by atoms with Crippen LogP contribution in [0, 0.1) is 0 Å². The molecule has 0 bridgehead atoms. The molecule has 110 valence electrons. The summed E-state index contributed by atoms with van der Waals surface area (Å²) in [5.74, 6) is 0.212. The van der Waals surface area contributed by atoms with Crippen LogP contribution in [0.2, 0.25) is 0 Å². The third-order valence-electron chi connectivity index (χ3n) is 4.06. The molecule has 1 aromatic carbocycles. The second-order valence-corrected chi connectivity index (χ2v) is 5.46. The van der Waals surface area contributed by atoms with Crippen molar-refractivity contribution in [3.05, 3.63) is 57.0 Å². The van der Waals surface area contributed by atoms with Gasteiger partial charge >= 0.3 is 0 Å². The Bertz CT molecular complexity index is 708. The first-order chi connectivity index (χ1) is 10.2. The summed E-state index contributed by atoms with van der Waals surface area (Å²) >= 11 is 0. The normalized spacial score (nSPS) is 14.9. The number of benzene rings is 1. The van der Waals surface area contributed by atoms with Crippen LogP contribution in [0.15, 0.2) is 29.1 Å². The van der Waals surface area contributed by atoms with Crippen molar-refractivity contribution < 1.29 is 0 Å². The largest absolute Gasteiger partial charge is 0.369 e. The summed E-state index contributed by atoms with van der Waals surface area (Å²) in [6.07, 6.45) is 1.80. The van der Waals surface area contributed by atoms with Crippen molar-refractivity contribution in [1.29, 1.82) is 0 Å². The zero-order valence-corrected chi connectivity index (χ0v) is 12.2. The maximum absolute atomic E-state index is 12.0. The number of rotatable bonds is 3. The van der Waals surface area contributed by atoms with E-state index in [-0.39, 0.29) is 11.5 Å². The Morgan fingerprint density at radius 2 is 2.10 bits per heavy atom. The lowest BCUT2D eigenvalue weighted by molar-refractivity contribution is 0.241. The van der Waals surface area contributed by atoms with Crippen molar-refractivity contribution in [3.8, 4) is 0 Å². The fourth-order valence-corrected chi connectivity index (χ4v) is 2.93. The molecule has 1 aliphatic heterocycles. The van der Waals surface area contributed by atoms with Crippen molar-refractivity contribution >= 4 is 5.95 Å². The Kier molecular flexibility index (Phi) is 3.75. The predicted octanol–water partition coefficient (Wildman–Crippen LogP) is 1.47. The Balaban J connectivity index is 1.82. The highest BCUT2D eigenvalue weighted by atomic mass is 16.1. The number of aromatic amines is 1. The van der Waals surface area contributed by atoms with Gasteiger partial charge in [0.1, 0.15) is 0 Å². The minimum atomic E-state index is -0.106. The smallest absolute Gasteiger partial charge is 0.257 e. The molecule has 1 aliphatic rings. The lowest BCUT2D eigenvalue weighted by Gasteiger charge is -2.28. The van der Waals surface area contributed by atoms with Crippen LogP contribution in [0.1, 0.15) is 29.3 Å². The van der Waals surface area contributed by atoms with Gasteiger partial charge in [-0.05, 0) is 17.5 Å². The number of aryl methyl sites for hydroxylation is 1. The van der Waals surface area contributed by atoms with Crippen LogP contribution in [-0.2, 0) is 25.9 Å². The van der Waals surface area contributed by atoms with E-state index in [1.807, 2.05) is 0 Å². The molecule has 2 heterocycles. The topological polar surface area (TPSA) is 75.0 Å². The number of hydrogen-bond donors (Lipinski definition) is 2. The molecule has 0 atom stereocenters. The Hall–Kier alpha value is -2.14. The van der Waals surface area contributed by atoms with Gasteiger partial charge in [0, 0.05) is 26.1 Å². The lowest BCUT2D eigenvalue weighted by atomic mass is 10.0. The molecule has 0 radical (unpaired) electrons. The number of H-pyrrole nitrogens is 1. The van der Waals surface area contributed by atoms with Crippen molar-refractivity contribution in [2.75, 3.05) is 12.3 Å². The number of hydrogen-bond acceptors (Lipinski definition) is 4. The van der Waals surface area contributed by atoms with Crippen molar-refractivity contribution in [2.45, 2.75) is 32.9 Å². The maximum Gasteiger partial charge on any atom is 0.257 e. The van der Waals surface area contributed by atoms with Crippen LogP contribution in [-0.4, -0.2) is 21.4 Å². The van der Waals surface area contributed by atoms with E-state index in [0.29, 0.717) is 6.54 Å². The summed E-state index contributed by atoms with van der Waals surface area (Å²) in [6.45, 7) is 4.58. The van der Waals surface area contributed by atoms with Gasteiger partial charge in [-0.2, -0.15) is 0 Å². The Morgan fingerprint density at radius 1 is 1.33 bits per heavy atom. The molecule has 3 rings (SSSR count). The van der Waals surface area contributed by atoms with Gasteiger partial charge in [0.05, 0.1) is 11.3 Å². The van der Waals surface area contributed by atoms with Gasteiger partial charge in [-0.15, -0.1) is 0 Å². The quantitative estimate of drug-likeness (QED) is 0.895. The minimum Gasteiger partial charge on any atom is -0.369 e. The number of nitrogen functional groups attached to an aromatic ring is 1. The zero-order chi connectivity index (χ0) is 14.8. The summed E-state index contributed by atoms with van der Waals surface area (Å²) in [6, 6.07) is 8.48. The van der Waals surface area contributed by atoms with E-state index in [9.17, 15) is 4.79 Å². The number of nitrogens with two attached hydrogens (primary N) is 1. The van der Waals surface area contributed by atoms with Crippen molar-refractivity contribution in [1.82, 2.24) is 14.9 Å². The maximum atomic E-state index is 12.0. The third kappa shape index (κ3) is 2.83. The van der Waals surface area contributed by atoms with E-state index in [1.54, 1.807) is 0 Å². The molecule has 21 heavy (non-hydrogen) atoms. The number of anilines is 1. The second kappa shape index (κ2) is 5.69. The molecule has 0 unspecified atom stereocenters. The van der Waals surface area contributed by atoms with Crippen molar-refractivity contribution in [2.24, 2.45) is 0 Å². The van der Waals surface area contributed by atoms with E-state index in [4.69, 9.17) is 5.73 Å². The average molecular weight is 284 g/mol. The molecule has 5 heteroatoms. The lowest BCUT2D eigenvalue weighted by Crippen LogP contribution is -2.35. The van der Waals surface area contributed by atoms with Crippen LogP contribution >= 0.6 is 0 Å². The summed E-state index contributed by atoms with van der Waals surface area (Å²) in [4.78, 5) is 21.1. The van der Waals surface area contributed by atoms with Crippen LogP contribution in [0.25, 0.3) is 0 Å². The summed E-state index contributed by atoms with van der Waals surface area (Å²) in [7, 11) is 0. The predicted molar refractivity (Wildman–Crippen MR) is 82.9 cm³/mol. The molecule has 5 nitrogen and oxygen atoms in total. The first-order valence-electron chi connectivity index (χ1n) is 7.34. The standard InChI is InChI=1S/C16H20N4O/c1-2-11-5-3-4-6-12(11)9-20-8-7-14-13(10-20)15(21)19-16(17)18-14/h3-6H,2,7-10H2,1H3,(H3,17,18,19,21). The van der Waals surface area contributed by atoms with Crippen molar-refractivity contribution in [3.63, 3.8) is 0 Å². The van der Waals surface area contributed by atoms with E-state index in [2.05, 4.69) is 46.1 Å². The van der Waals surface area contributed by atoms with Gasteiger partial charge in [-0.25, -0.2) is 4.98 Å². The molecule has 0 amide bonds. The number of nitrogens with zero attached hydrogens (tertiary/aromatic N) is 2. The van der Waals surface area contributed by atoms with Gasteiger partial charge in [0.25, 0.3) is 5.56 Å². The van der Waals surface area contributed by atoms with Gasteiger partial charge in [0.2, 0.25) is 5.95 Å². The molecule has 1 aromatic heterocycles. The third-order valence-corrected chi connectivity index (χ3v) is 4.06. The second-order valence-electron chi connectivity index (χ2n) is 5.46. The van der Waals surface area contributed by atoms with Gasteiger partial charge in [-0.1, -0.05) is 31.2 Å². The highest BCUT2D eigenvalue weighted by molar-refractivity contribution is 5.29. The molecule has 0 aliphatic carbocycles. The van der Waals surface area contributed by atoms with Gasteiger partial charge in [-0.3, -0.25) is 14.7 Å². The minimum absolute atomic E-state index is 0.106. The first kappa shape index (κ1) is 13.8. The van der Waals surface area contributed by atoms with Crippen LogP contribution in [0.4, 0.5) is 5.95 Å². The molecule has 0 fully saturated rings. The van der Waals surface area contributed by atoms with Crippen LogP contribution < -0.4 is 11.3 Å². The van der Waals surface area contributed by atoms with E-state index in [0.717, 1.165) is 37.2 Å².